The van der Waals surface area contributed by atoms with Gasteiger partial charge in [-0.05, 0) is 36.6 Å². The molecule has 0 bridgehead atoms. The number of piperidine rings is 1. The SMILES string of the molecule is N#Cc1nc(NCc2ccc(S(=O)(=O)N3CCCCC3)cc2)ccc1[N+](=O)[O-]. The Hall–Kier alpha value is -3.03. The summed E-state index contributed by atoms with van der Waals surface area (Å²) in [6.07, 6.45) is 2.82. The van der Waals surface area contributed by atoms with Crippen LogP contribution in [0.3, 0.4) is 0 Å². The molecular weight excluding hydrogens is 382 g/mol. The smallest absolute Gasteiger partial charge is 0.305 e. The van der Waals surface area contributed by atoms with Crippen molar-refractivity contribution in [2.75, 3.05) is 18.4 Å². The first-order valence-electron chi connectivity index (χ1n) is 8.80. The zero-order valence-electron chi connectivity index (χ0n) is 15.0. The van der Waals surface area contributed by atoms with E-state index in [2.05, 4.69) is 10.3 Å². The number of nitriles is 1. The average molecular weight is 401 g/mol. The number of benzene rings is 1. The summed E-state index contributed by atoms with van der Waals surface area (Å²) >= 11 is 0. The Balaban J connectivity index is 1.68. The van der Waals surface area contributed by atoms with Crippen LogP contribution in [0.2, 0.25) is 0 Å². The number of anilines is 1. The molecule has 1 aliphatic rings. The molecule has 0 spiro atoms. The van der Waals surface area contributed by atoms with Crippen molar-refractivity contribution in [1.29, 1.82) is 5.26 Å². The van der Waals surface area contributed by atoms with Crippen LogP contribution in [0.25, 0.3) is 0 Å². The van der Waals surface area contributed by atoms with Gasteiger partial charge in [0.25, 0.3) is 0 Å². The largest absolute Gasteiger partial charge is 0.366 e. The van der Waals surface area contributed by atoms with E-state index >= 15 is 0 Å². The van der Waals surface area contributed by atoms with E-state index in [9.17, 15) is 18.5 Å². The molecular formula is C18H19N5O4S. The Morgan fingerprint density at radius 2 is 1.82 bits per heavy atom. The zero-order chi connectivity index (χ0) is 20.1. The molecule has 28 heavy (non-hydrogen) atoms. The van der Waals surface area contributed by atoms with Crippen LogP contribution in [0.5, 0.6) is 0 Å². The molecule has 9 nitrogen and oxygen atoms in total. The van der Waals surface area contributed by atoms with Gasteiger partial charge in [0.2, 0.25) is 15.7 Å². The summed E-state index contributed by atoms with van der Waals surface area (Å²) in [6, 6.07) is 10.9. The molecule has 1 aromatic carbocycles. The minimum Gasteiger partial charge on any atom is -0.366 e. The van der Waals surface area contributed by atoms with Crippen LogP contribution in [0.4, 0.5) is 11.5 Å². The van der Waals surface area contributed by atoms with E-state index in [1.807, 2.05) is 0 Å². The van der Waals surface area contributed by atoms with Crippen molar-refractivity contribution in [2.45, 2.75) is 30.7 Å². The maximum absolute atomic E-state index is 12.6. The van der Waals surface area contributed by atoms with E-state index < -0.39 is 14.9 Å². The first-order chi connectivity index (χ1) is 13.4. The monoisotopic (exact) mass is 401 g/mol. The summed E-state index contributed by atoms with van der Waals surface area (Å²) in [7, 11) is -3.47. The highest BCUT2D eigenvalue weighted by Crippen LogP contribution is 2.22. The van der Waals surface area contributed by atoms with Crippen LogP contribution in [0, 0.1) is 21.4 Å². The van der Waals surface area contributed by atoms with E-state index in [0.29, 0.717) is 25.5 Å². The highest BCUT2D eigenvalue weighted by atomic mass is 32.2. The van der Waals surface area contributed by atoms with Crippen molar-refractivity contribution in [2.24, 2.45) is 0 Å². The number of hydrogen-bond donors (Lipinski definition) is 1. The third kappa shape index (κ3) is 4.27. The Morgan fingerprint density at radius 3 is 2.43 bits per heavy atom. The summed E-state index contributed by atoms with van der Waals surface area (Å²) in [4.78, 5) is 14.4. The fourth-order valence-electron chi connectivity index (χ4n) is 3.01. The van der Waals surface area contributed by atoms with Gasteiger partial charge in [0, 0.05) is 25.7 Å². The first-order valence-corrected chi connectivity index (χ1v) is 10.2. The van der Waals surface area contributed by atoms with E-state index in [4.69, 9.17) is 5.26 Å². The van der Waals surface area contributed by atoms with Crippen LogP contribution >= 0.6 is 0 Å². The third-order valence-electron chi connectivity index (χ3n) is 4.53. The van der Waals surface area contributed by atoms with Crippen molar-refractivity contribution < 1.29 is 13.3 Å². The fourth-order valence-corrected chi connectivity index (χ4v) is 4.52. The first kappa shape index (κ1) is 19.7. The summed E-state index contributed by atoms with van der Waals surface area (Å²) in [5.74, 6) is 0.326. The second-order valence-electron chi connectivity index (χ2n) is 6.40. The topological polar surface area (TPSA) is 129 Å². The molecule has 0 radical (unpaired) electrons. The van der Waals surface area contributed by atoms with Crippen LogP contribution in [0.15, 0.2) is 41.3 Å². The van der Waals surface area contributed by atoms with Gasteiger partial charge < -0.3 is 5.32 Å². The van der Waals surface area contributed by atoms with Gasteiger partial charge in [-0.3, -0.25) is 10.1 Å². The minimum atomic E-state index is -3.47. The molecule has 146 valence electrons. The lowest BCUT2D eigenvalue weighted by Gasteiger charge is -2.25. The summed E-state index contributed by atoms with van der Waals surface area (Å²) in [5.41, 5.74) is 0.203. The van der Waals surface area contributed by atoms with Crippen LogP contribution in [-0.2, 0) is 16.6 Å². The number of nitrogens with one attached hydrogen (secondary N) is 1. The number of hydrogen-bond acceptors (Lipinski definition) is 7. The highest BCUT2D eigenvalue weighted by molar-refractivity contribution is 7.89. The zero-order valence-corrected chi connectivity index (χ0v) is 15.9. The molecule has 1 N–H and O–H groups in total. The van der Waals surface area contributed by atoms with Crippen LogP contribution in [0.1, 0.15) is 30.5 Å². The molecule has 1 aromatic heterocycles. The Kier molecular flexibility index (Phi) is 5.87. The molecule has 0 atom stereocenters. The molecule has 10 heteroatoms. The number of pyridine rings is 1. The lowest BCUT2D eigenvalue weighted by molar-refractivity contribution is -0.385. The molecule has 1 fully saturated rings. The summed E-state index contributed by atoms with van der Waals surface area (Å²) in [6.45, 7) is 1.44. The number of aromatic nitrogens is 1. The van der Waals surface area contributed by atoms with Gasteiger partial charge in [0.1, 0.15) is 11.9 Å². The van der Waals surface area contributed by atoms with Gasteiger partial charge >= 0.3 is 5.69 Å². The average Bonchev–Trinajstić information content (AvgIpc) is 2.72. The second kappa shape index (κ2) is 8.33. The standard InChI is InChI=1S/C18H19N5O4S/c19-12-16-17(23(24)25)8-9-18(21-16)20-13-14-4-6-15(7-5-14)28(26,27)22-10-2-1-3-11-22/h4-9H,1-3,10-11,13H2,(H,20,21). The molecule has 1 saturated heterocycles. The summed E-state index contributed by atoms with van der Waals surface area (Å²) in [5, 5.41) is 22.8. The van der Waals surface area contributed by atoms with Gasteiger partial charge in [-0.1, -0.05) is 18.6 Å². The van der Waals surface area contributed by atoms with Crippen LogP contribution in [-0.4, -0.2) is 35.7 Å². The second-order valence-corrected chi connectivity index (χ2v) is 8.33. The molecule has 2 aromatic rings. The van der Waals surface area contributed by atoms with Crippen LogP contribution < -0.4 is 5.32 Å². The maximum atomic E-state index is 12.6. The number of nitro groups is 1. The normalized spacial score (nSPS) is 15.0. The minimum absolute atomic E-state index is 0.262. The molecule has 0 aliphatic carbocycles. The predicted octanol–water partition coefficient (Wildman–Crippen LogP) is 2.65. The molecule has 0 amide bonds. The lowest BCUT2D eigenvalue weighted by Crippen LogP contribution is -2.35. The Bertz CT molecular complexity index is 1010. The highest BCUT2D eigenvalue weighted by Gasteiger charge is 2.25. The fraction of sp³-hybridized carbons (Fsp3) is 0.333. The van der Waals surface area contributed by atoms with Crippen molar-refractivity contribution in [3.05, 3.63) is 57.8 Å². The van der Waals surface area contributed by atoms with Crippen molar-refractivity contribution in [1.82, 2.24) is 9.29 Å². The van der Waals surface area contributed by atoms with E-state index in [-0.39, 0.29) is 16.3 Å². The molecule has 0 unspecified atom stereocenters. The Morgan fingerprint density at radius 1 is 1.14 bits per heavy atom. The van der Waals surface area contributed by atoms with E-state index in [1.54, 1.807) is 30.3 Å². The summed E-state index contributed by atoms with van der Waals surface area (Å²) < 4.78 is 26.8. The van der Waals surface area contributed by atoms with Gasteiger partial charge in [0.05, 0.1) is 9.82 Å². The number of sulfonamides is 1. The molecule has 1 aliphatic heterocycles. The maximum Gasteiger partial charge on any atom is 0.305 e. The van der Waals surface area contributed by atoms with Gasteiger partial charge in [-0.15, -0.1) is 0 Å². The predicted molar refractivity (Wildman–Crippen MR) is 102 cm³/mol. The van der Waals surface area contributed by atoms with Gasteiger partial charge in [0.15, 0.2) is 0 Å². The van der Waals surface area contributed by atoms with E-state index in [0.717, 1.165) is 24.8 Å². The van der Waals surface area contributed by atoms with Crippen molar-refractivity contribution >= 4 is 21.5 Å². The van der Waals surface area contributed by atoms with Crippen molar-refractivity contribution in [3.8, 4) is 6.07 Å². The molecule has 0 saturated carbocycles. The number of rotatable bonds is 6. The molecule has 3 rings (SSSR count). The lowest BCUT2D eigenvalue weighted by atomic mass is 10.2. The molecule has 2 heterocycles. The Labute approximate surface area is 162 Å². The van der Waals surface area contributed by atoms with Crippen molar-refractivity contribution in [3.63, 3.8) is 0 Å². The van der Waals surface area contributed by atoms with Gasteiger partial charge in [-0.25, -0.2) is 13.4 Å². The van der Waals surface area contributed by atoms with Gasteiger partial charge in [-0.2, -0.15) is 9.57 Å². The third-order valence-corrected chi connectivity index (χ3v) is 6.44. The quantitative estimate of drug-likeness (QED) is 0.582. The van der Waals surface area contributed by atoms with E-state index in [1.165, 1.54) is 16.4 Å². The number of nitrogens with zero attached hydrogens (tertiary/aromatic N) is 4.